The highest BCUT2D eigenvalue weighted by Crippen LogP contribution is 2.25. The maximum absolute atomic E-state index is 13.2. The number of hydrogen-bond acceptors (Lipinski definition) is 6. The molecule has 0 atom stereocenters. The zero-order chi connectivity index (χ0) is 19.1. The van der Waals surface area contributed by atoms with Gasteiger partial charge in [-0.1, -0.05) is 0 Å². The summed E-state index contributed by atoms with van der Waals surface area (Å²) in [5.74, 6) is -2.43. The van der Waals surface area contributed by atoms with Crippen LogP contribution in [0.4, 0.5) is 4.39 Å². The molecule has 2 rings (SSSR count). The lowest BCUT2D eigenvalue weighted by molar-refractivity contribution is -0.306. The van der Waals surface area contributed by atoms with E-state index in [0.717, 1.165) is 0 Å². The van der Waals surface area contributed by atoms with Crippen LogP contribution in [-0.2, 0) is 20.9 Å². The summed E-state index contributed by atoms with van der Waals surface area (Å²) < 4.78 is 19.3. The van der Waals surface area contributed by atoms with Crippen molar-refractivity contribution in [2.75, 3.05) is 6.61 Å². The monoisotopic (exact) mass is 356 g/mol. The third kappa shape index (κ3) is 4.77. The molecule has 1 aromatic carbocycles. The number of carboxylic acid groups (broad SMARTS) is 1. The van der Waals surface area contributed by atoms with Gasteiger partial charge in [-0.25, -0.2) is 9.18 Å². The van der Waals surface area contributed by atoms with Crippen LogP contribution in [0.1, 0.15) is 18.9 Å². The van der Waals surface area contributed by atoms with Crippen LogP contribution in [0.15, 0.2) is 36.0 Å². The maximum atomic E-state index is 13.2. The summed E-state index contributed by atoms with van der Waals surface area (Å²) in [4.78, 5) is 22.5. The first kappa shape index (κ1) is 18.9. The van der Waals surface area contributed by atoms with Crippen molar-refractivity contribution in [3.05, 3.63) is 47.4 Å². The van der Waals surface area contributed by atoms with E-state index in [-0.39, 0.29) is 25.1 Å². The Hall–Kier alpha value is -3.47. The lowest BCUT2D eigenvalue weighted by Crippen LogP contribution is -2.23. The van der Waals surface area contributed by atoms with Crippen molar-refractivity contribution in [1.29, 1.82) is 5.26 Å². The lowest BCUT2D eigenvalue weighted by Gasteiger charge is -2.02. The van der Waals surface area contributed by atoms with Crippen LogP contribution >= 0.6 is 0 Å². The first-order valence-electron chi connectivity index (χ1n) is 7.76. The van der Waals surface area contributed by atoms with Gasteiger partial charge in [-0.05, 0) is 37.3 Å². The molecular formula is C18H15FN3O4-. The Balaban J connectivity index is 2.47. The van der Waals surface area contributed by atoms with Gasteiger partial charge in [0.25, 0.3) is 0 Å². The molecule has 7 nitrogen and oxygen atoms in total. The van der Waals surface area contributed by atoms with Crippen molar-refractivity contribution < 1.29 is 23.8 Å². The van der Waals surface area contributed by atoms with E-state index in [1.165, 1.54) is 41.2 Å². The van der Waals surface area contributed by atoms with E-state index in [4.69, 9.17) is 4.74 Å². The SMILES string of the molecule is CCOC(=O)C(C#N)=Cc1cn(CCC(=O)[O-])nc1-c1ccc(F)cc1. The van der Waals surface area contributed by atoms with Gasteiger partial charge in [-0.3, -0.25) is 4.68 Å². The number of hydrogen-bond donors (Lipinski definition) is 0. The first-order valence-corrected chi connectivity index (χ1v) is 7.76. The van der Waals surface area contributed by atoms with E-state index in [0.29, 0.717) is 16.8 Å². The van der Waals surface area contributed by atoms with Gasteiger partial charge in [0.1, 0.15) is 17.5 Å². The molecule has 1 heterocycles. The zero-order valence-electron chi connectivity index (χ0n) is 13.9. The Morgan fingerprint density at radius 2 is 2.08 bits per heavy atom. The summed E-state index contributed by atoms with van der Waals surface area (Å²) in [5, 5.41) is 24.1. The molecule has 0 aliphatic rings. The Labute approximate surface area is 148 Å². The van der Waals surface area contributed by atoms with E-state index in [9.17, 15) is 24.3 Å². The average Bonchev–Trinajstić information content (AvgIpc) is 3.01. The molecule has 0 radical (unpaired) electrons. The largest absolute Gasteiger partial charge is 0.550 e. The van der Waals surface area contributed by atoms with Crippen molar-refractivity contribution in [3.63, 3.8) is 0 Å². The Bertz CT molecular complexity index is 879. The fourth-order valence-electron chi connectivity index (χ4n) is 2.20. The Kier molecular flexibility index (Phi) is 6.22. The molecule has 0 aliphatic carbocycles. The van der Waals surface area contributed by atoms with Gasteiger partial charge in [-0.2, -0.15) is 10.4 Å². The molecule has 0 unspecified atom stereocenters. The number of esters is 1. The molecule has 0 fully saturated rings. The highest BCUT2D eigenvalue weighted by Gasteiger charge is 2.15. The van der Waals surface area contributed by atoms with Crippen LogP contribution < -0.4 is 5.11 Å². The number of rotatable bonds is 7. The predicted octanol–water partition coefficient (Wildman–Crippen LogP) is 1.30. The van der Waals surface area contributed by atoms with Crippen molar-refractivity contribution in [2.24, 2.45) is 0 Å². The van der Waals surface area contributed by atoms with Crippen LogP contribution in [0.5, 0.6) is 0 Å². The highest BCUT2D eigenvalue weighted by atomic mass is 19.1. The maximum Gasteiger partial charge on any atom is 0.348 e. The number of benzene rings is 1. The van der Waals surface area contributed by atoms with E-state index in [2.05, 4.69) is 5.10 Å². The molecule has 1 aromatic heterocycles. The molecule has 2 aromatic rings. The van der Waals surface area contributed by atoms with Gasteiger partial charge < -0.3 is 14.6 Å². The minimum atomic E-state index is -1.23. The second-order valence-corrected chi connectivity index (χ2v) is 5.22. The van der Waals surface area contributed by atoms with E-state index in [1.54, 1.807) is 13.0 Å². The second kappa shape index (κ2) is 8.58. The number of ether oxygens (including phenoxy) is 1. The van der Waals surface area contributed by atoms with E-state index in [1.807, 2.05) is 0 Å². The molecule has 0 saturated carbocycles. The highest BCUT2D eigenvalue weighted by molar-refractivity contribution is 5.98. The number of aliphatic carboxylic acids is 1. The summed E-state index contributed by atoms with van der Waals surface area (Å²) in [6, 6.07) is 7.26. The third-order valence-corrected chi connectivity index (χ3v) is 3.37. The quantitative estimate of drug-likeness (QED) is 0.420. The van der Waals surface area contributed by atoms with Crippen LogP contribution in [0.2, 0.25) is 0 Å². The van der Waals surface area contributed by atoms with Crippen LogP contribution in [0.3, 0.4) is 0 Å². The summed E-state index contributed by atoms with van der Waals surface area (Å²) in [6.45, 7) is 1.79. The molecular weight excluding hydrogens is 341 g/mol. The Morgan fingerprint density at radius 1 is 1.38 bits per heavy atom. The number of carbonyl (C=O) groups is 2. The normalized spacial score (nSPS) is 11.0. The number of aryl methyl sites for hydroxylation is 1. The molecule has 0 spiro atoms. The van der Waals surface area contributed by atoms with Gasteiger partial charge in [0, 0.05) is 36.3 Å². The van der Waals surface area contributed by atoms with Crippen molar-refractivity contribution in [2.45, 2.75) is 19.9 Å². The van der Waals surface area contributed by atoms with Crippen molar-refractivity contribution in [1.82, 2.24) is 9.78 Å². The average molecular weight is 356 g/mol. The molecule has 0 saturated heterocycles. The number of nitriles is 1. The summed E-state index contributed by atoms with van der Waals surface area (Å²) in [6.07, 6.45) is 2.55. The van der Waals surface area contributed by atoms with Crippen LogP contribution in [-0.4, -0.2) is 28.3 Å². The third-order valence-electron chi connectivity index (χ3n) is 3.37. The fourth-order valence-corrected chi connectivity index (χ4v) is 2.20. The van der Waals surface area contributed by atoms with Crippen molar-refractivity contribution in [3.8, 4) is 17.3 Å². The summed E-state index contributed by atoms with van der Waals surface area (Å²) in [7, 11) is 0. The van der Waals surface area contributed by atoms with Crippen molar-refractivity contribution >= 4 is 18.0 Å². The minimum Gasteiger partial charge on any atom is -0.550 e. The molecule has 8 heteroatoms. The van der Waals surface area contributed by atoms with Gasteiger partial charge in [0.2, 0.25) is 0 Å². The van der Waals surface area contributed by atoms with E-state index < -0.39 is 17.8 Å². The molecule has 0 aliphatic heterocycles. The minimum absolute atomic E-state index is 0.0473. The molecule has 0 amide bonds. The molecule has 0 bridgehead atoms. The predicted molar refractivity (Wildman–Crippen MR) is 87.5 cm³/mol. The van der Waals surface area contributed by atoms with Crippen LogP contribution in [0.25, 0.3) is 17.3 Å². The topological polar surface area (TPSA) is 108 Å². The number of carboxylic acids is 1. The van der Waals surface area contributed by atoms with Crippen LogP contribution in [0, 0.1) is 17.1 Å². The molecule has 134 valence electrons. The summed E-state index contributed by atoms with van der Waals surface area (Å²) in [5.41, 5.74) is 1.10. The lowest BCUT2D eigenvalue weighted by atomic mass is 10.1. The standard InChI is InChI=1S/C18H16FN3O4/c1-2-26-18(25)13(10-20)9-14-11-22(8-7-16(23)24)21-17(14)12-3-5-15(19)6-4-12/h3-6,9,11H,2,7-8H2,1H3,(H,23,24)/p-1. The Morgan fingerprint density at radius 3 is 2.65 bits per heavy atom. The second-order valence-electron chi connectivity index (χ2n) is 5.22. The number of nitrogens with zero attached hydrogens (tertiary/aromatic N) is 3. The van der Waals surface area contributed by atoms with E-state index >= 15 is 0 Å². The molecule has 0 N–H and O–H groups in total. The fraction of sp³-hybridized carbons (Fsp3) is 0.222. The number of halogens is 1. The number of carbonyl (C=O) groups excluding carboxylic acids is 2. The van der Waals surface area contributed by atoms with Gasteiger partial charge in [0.15, 0.2) is 0 Å². The molecule has 26 heavy (non-hydrogen) atoms. The van der Waals surface area contributed by atoms with Gasteiger partial charge in [0.05, 0.1) is 12.3 Å². The van der Waals surface area contributed by atoms with Gasteiger partial charge in [-0.15, -0.1) is 0 Å². The first-order chi connectivity index (χ1) is 12.4. The smallest absolute Gasteiger partial charge is 0.348 e. The summed E-state index contributed by atoms with van der Waals surface area (Å²) >= 11 is 0. The number of aromatic nitrogens is 2. The van der Waals surface area contributed by atoms with Gasteiger partial charge >= 0.3 is 5.97 Å². The zero-order valence-corrected chi connectivity index (χ0v) is 13.9.